The van der Waals surface area contributed by atoms with Gasteiger partial charge in [0.1, 0.15) is 5.84 Å². The van der Waals surface area contributed by atoms with E-state index < -0.39 is 0 Å². The van der Waals surface area contributed by atoms with Crippen LogP contribution in [0.1, 0.15) is 98.5 Å². The summed E-state index contributed by atoms with van der Waals surface area (Å²) >= 11 is 0. The molecular weight excluding hydrogens is 476 g/mol. The first-order chi connectivity index (χ1) is 18.6. The Kier molecular flexibility index (Phi) is 13.8. The van der Waals surface area contributed by atoms with Crippen molar-refractivity contribution in [3.05, 3.63) is 71.6 Å². The van der Waals surface area contributed by atoms with Crippen LogP contribution in [0.15, 0.2) is 76.0 Å². The summed E-state index contributed by atoms with van der Waals surface area (Å²) in [6.07, 6.45) is 14.1. The summed E-state index contributed by atoms with van der Waals surface area (Å²) in [5, 5.41) is 0. The van der Waals surface area contributed by atoms with E-state index in [0.29, 0.717) is 5.92 Å². The van der Waals surface area contributed by atoms with E-state index in [0.717, 1.165) is 49.7 Å². The smallest absolute Gasteiger partial charge is 0.130 e. The highest BCUT2D eigenvalue weighted by Gasteiger charge is 2.26. The van der Waals surface area contributed by atoms with Gasteiger partial charge in [0, 0.05) is 56.3 Å². The molecule has 0 aliphatic carbocycles. The predicted molar refractivity (Wildman–Crippen MR) is 173 cm³/mol. The van der Waals surface area contributed by atoms with Gasteiger partial charge in [0.05, 0.1) is 0 Å². The molecule has 1 aliphatic rings. The van der Waals surface area contributed by atoms with Gasteiger partial charge >= 0.3 is 0 Å². The normalized spacial score (nSPS) is 17.5. The van der Waals surface area contributed by atoms with E-state index in [1.54, 1.807) is 0 Å². The standard InChI is InChI=1S/C35H56N4/c1-10-11-13-19-29(4)33(36-8)26-30(5)37-34(39-24-18-25-39)27-31(6)38(9)23-17-16-22-35(7,28(2)3)32-20-14-12-15-21-32/h12,14-15,20-21,26-27,29H,2,10-11,13,16-19,22-25H2,1,3-9H3/b30-26+,31-27+,36-33+,37-34+. The zero-order valence-corrected chi connectivity index (χ0v) is 26.4. The third kappa shape index (κ3) is 10.1. The predicted octanol–water partition coefficient (Wildman–Crippen LogP) is 8.82. The van der Waals surface area contributed by atoms with Crippen LogP contribution in [0.3, 0.4) is 0 Å². The number of hydrogen-bond acceptors (Lipinski definition) is 3. The first kappa shape index (κ1) is 32.6. The highest BCUT2D eigenvalue weighted by Crippen LogP contribution is 2.35. The quantitative estimate of drug-likeness (QED) is 0.0921. The number of allylic oxidation sites excluding steroid dienone is 4. The molecule has 1 fully saturated rings. The van der Waals surface area contributed by atoms with Crippen molar-refractivity contribution in [3.63, 3.8) is 0 Å². The fourth-order valence-corrected chi connectivity index (χ4v) is 5.15. The Morgan fingerprint density at radius 2 is 1.77 bits per heavy atom. The molecule has 0 aromatic heterocycles. The third-order valence-electron chi connectivity index (χ3n) is 8.54. The summed E-state index contributed by atoms with van der Waals surface area (Å²) in [5.41, 5.74) is 6.09. The maximum atomic E-state index is 5.08. The second kappa shape index (κ2) is 16.5. The van der Waals surface area contributed by atoms with Gasteiger partial charge < -0.3 is 9.80 Å². The largest absolute Gasteiger partial charge is 0.378 e. The van der Waals surface area contributed by atoms with Crippen LogP contribution >= 0.6 is 0 Å². The van der Waals surface area contributed by atoms with E-state index in [1.807, 2.05) is 7.05 Å². The van der Waals surface area contributed by atoms with Crippen LogP contribution in [-0.2, 0) is 5.41 Å². The third-order valence-corrected chi connectivity index (χ3v) is 8.54. The molecular formula is C35H56N4. The van der Waals surface area contributed by atoms with E-state index in [-0.39, 0.29) is 5.41 Å². The number of likely N-dealkylation sites (tertiary alicyclic amines) is 1. The lowest BCUT2D eigenvalue weighted by atomic mass is 9.73. The van der Waals surface area contributed by atoms with E-state index in [9.17, 15) is 0 Å². The van der Waals surface area contributed by atoms with Gasteiger partial charge in [-0.05, 0) is 70.1 Å². The number of nitrogens with zero attached hydrogens (tertiary/aromatic N) is 4. The Balaban J connectivity index is 2.03. The Morgan fingerprint density at radius 3 is 2.33 bits per heavy atom. The maximum Gasteiger partial charge on any atom is 0.130 e. The minimum atomic E-state index is 0.0278. The molecule has 4 heteroatoms. The minimum absolute atomic E-state index is 0.0278. The molecule has 2 atom stereocenters. The molecule has 1 aromatic carbocycles. The number of hydrogen-bond donors (Lipinski definition) is 0. The molecule has 0 radical (unpaired) electrons. The van der Waals surface area contributed by atoms with Gasteiger partial charge in [0.15, 0.2) is 0 Å². The monoisotopic (exact) mass is 532 g/mol. The Labute approximate surface area is 240 Å². The average molecular weight is 533 g/mol. The minimum Gasteiger partial charge on any atom is -0.378 e. The molecule has 0 amide bonds. The van der Waals surface area contributed by atoms with Crippen LogP contribution in [0.2, 0.25) is 0 Å². The van der Waals surface area contributed by atoms with E-state index in [4.69, 9.17) is 4.99 Å². The molecule has 0 N–H and O–H groups in total. The summed E-state index contributed by atoms with van der Waals surface area (Å²) in [7, 11) is 4.12. The van der Waals surface area contributed by atoms with Crippen molar-refractivity contribution in [1.82, 2.24) is 9.80 Å². The van der Waals surface area contributed by atoms with E-state index in [1.165, 1.54) is 55.4 Å². The van der Waals surface area contributed by atoms with Crippen LogP contribution in [-0.4, -0.2) is 55.1 Å². The second-order valence-electron chi connectivity index (χ2n) is 11.8. The van der Waals surface area contributed by atoms with E-state index >= 15 is 0 Å². The molecule has 0 spiro atoms. The fraction of sp³-hybridized carbons (Fsp3) is 0.600. The highest BCUT2D eigenvalue weighted by atomic mass is 15.2. The second-order valence-corrected chi connectivity index (χ2v) is 11.8. The zero-order chi connectivity index (χ0) is 28.8. The number of rotatable bonds is 16. The maximum absolute atomic E-state index is 5.08. The van der Waals surface area contributed by atoms with Crippen molar-refractivity contribution in [3.8, 4) is 0 Å². The summed E-state index contributed by atoms with van der Waals surface area (Å²) in [4.78, 5) is 14.4. The molecule has 1 saturated heterocycles. The van der Waals surface area contributed by atoms with Crippen molar-refractivity contribution < 1.29 is 0 Å². The lowest BCUT2D eigenvalue weighted by Crippen LogP contribution is -2.41. The lowest BCUT2D eigenvalue weighted by Gasteiger charge is -2.34. The van der Waals surface area contributed by atoms with Crippen molar-refractivity contribution >= 4 is 11.5 Å². The van der Waals surface area contributed by atoms with Crippen molar-refractivity contribution in [2.75, 3.05) is 33.7 Å². The molecule has 2 rings (SSSR count). The molecule has 39 heavy (non-hydrogen) atoms. The molecule has 0 bridgehead atoms. The summed E-state index contributed by atoms with van der Waals surface area (Å²) < 4.78 is 0. The van der Waals surface area contributed by atoms with Crippen LogP contribution in [0.5, 0.6) is 0 Å². The van der Waals surface area contributed by atoms with E-state index in [2.05, 4.69) is 112 Å². The molecule has 1 aliphatic heterocycles. The number of benzene rings is 1. The van der Waals surface area contributed by atoms with Crippen molar-refractivity contribution in [2.24, 2.45) is 15.9 Å². The Morgan fingerprint density at radius 1 is 1.08 bits per heavy atom. The topological polar surface area (TPSA) is 31.2 Å². The van der Waals surface area contributed by atoms with Gasteiger partial charge in [0.25, 0.3) is 0 Å². The van der Waals surface area contributed by atoms with Crippen molar-refractivity contribution in [1.29, 1.82) is 0 Å². The first-order valence-corrected chi connectivity index (χ1v) is 15.2. The van der Waals surface area contributed by atoms with Crippen LogP contribution in [0.25, 0.3) is 0 Å². The molecule has 1 aromatic rings. The average Bonchev–Trinajstić information content (AvgIpc) is 2.88. The summed E-state index contributed by atoms with van der Waals surface area (Å²) in [6, 6.07) is 10.8. The van der Waals surface area contributed by atoms with Crippen LogP contribution in [0, 0.1) is 5.92 Å². The molecule has 0 saturated carbocycles. The fourth-order valence-electron chi connectivity index (χ4n) is 5.15. The molecule has 1 heterocycles. The van der Waals surface area contributed by atoms with Crippen LogP contribution < -0.4 is 0 Å². The number of amidine groups is 1. The van der Waals surface area contributed by atoms with Crippen molar-refractivity contribution in [2.45, 2.75) is 98.3 Å². The number of unbranched alkanes of at least 4 members (excludes halogenated alkanes) is 3. The SMILES string of the molecule is C=C(C)C(C)(CCCCN(C)/C(C)=C/C(=N\C(C)=C\C(=N/C)C(C)CCCCC)N1CCC1)c1ccccc1. The van der Waals surface area contributed by atoms with Gasteiger partial charge in [-0.3, -0.25) is 4.99 Å². The van der Waals surface area contributed by atoms with Gasteiger partial charge in [0.2, 0.25) is 0 Å². The van der Waals surface area contributed by atoms with Crippen LogP contribution in [0.4, 0.5) is 0 Å². The van der Waals surface area contributed by atoms with Gasteiger partial charge in [-0.25, -0.2) is 4.99 Å². The Bertz CT molecular complexity index is 1010. The summed E-state index contributed by atoms with van der Waals surface area (Å²) in [5.74, 6) is 1.54. The first-order valence-electron chi connectivity index (χ1n) is 15.2. The molecule has 216 valence electrons. The molecule has 2 unspecified atom stereocenters. The highest BCUT2D eigenvalue weighted by molar-refractivity contribution is 5.98. The van der Waals surface area contributed by atoms with Gasteiger partial charge in [-0.2, -0.15) is 0 Å². The zero-order valence-electron chi connectivity index (χ0n) is 26.4. The number of aliphatic imine (C=N–C) groups is 2. The van der Waals surface area contributed by atoms with Gasteiger partial charge in [-0.15, -0.1) is 0 Å². The van der Waals surface area contributed by atoms with Gasteiger partial charge in [-0.1, -0.05) is 88.9 Å². The lowest BCUT2D eigenvalue weighted by molar-refractivity contribution is 0.300. The Hall–Kier alpha value is -2.62. The molecule has 4 nitrogen and oxygen atoms in total. The summed E-state index contributed by atoms with van der Waals surface area (Å²) in [6.45, 7) is 20.9.